The van der Waals surface area contributed by atoms with Crippen LogP contribution in [0.15, 0.2) is 35.7 Å². The molecule has 1 heterocycles. The molecule has 0 saturated heterocycles. The van der Waals surface area contributed by atoms with Crippen molar-refractivity contribution < 1.29 is 4.39 Å². The summed E-state index contributed by atoms with van der Waals surface area (Å²) in [6.45, 7) is 4.06. The molecule has 90 valence electrons. The lowest BCUT2D eigenvalue weighted by atomic mass is 9.87. The van der Waals surface area contributed by atoms with Crippen LogP contribution in [-0.4, -0.2) is 0 Å². The molecule has 0 fully saturated rings. The highest BCUT2D eigenvalue weighted by atomic mass is 32.1. The summed E-state index contributed by atoms with van der Waals surface area (Å²) in [7, 11) is 0. The van der Waals surface area contributed by atoms with Crippen molar-refractivity contribution in [3.8, 4) is 0 Å². The Kier molecular flexibility index (Phi) is 3.31. The van der Waals surface area contributed by atoms with Crippen molar-refractivity contribution in [2.24, 2.45) is 5.73 Å². The Balaban J connectivity index is 2.26. The number of hydrogen-bond donors (Lipinski definition) is 1. The molecule has 2 N–H and O–H groups in total. The zero-order valence-corrected chi connectivity index (χ0v) is 10.9. The van der Waals surface area contributed by atoms with Crippen LogP contribution in [0.3, 0.4) is 0 Å². The number of benzene rings is 1. The summed E-state index contributed by atoms with van der Waals surface area (Å²) in [6, 6.07) is 8.69. The van der Waals surface area contributed by atoms with Crippen LogP contribution in [0, 0.1) is 12.7 Å². The number of aryl methyl sites for hydroxylation is 1. The Morgan fingerprint density at radius 2 is 2.12 bits per heavy atom. The van der Waals surface area contributed by atoms with Gasteiger partial charge in [-0.05, 0) is 55.0 Å². The van der Waals surface area contributed by atoms with Gasteiger partial charge in [-0.3, -0.25) is 0 Å². The largest absolute Gasteiger partial charge is 0.321 e. The Bertz CT molecular complexity index is 516. The highest BCUT2D eigenvalue weighted by Crippen LogP contribution is 2.28. The predicted octanol–water partition coefficient (Wildman–Crippen LogP) is 3.61. The predicted molar refractivity (Wildman–Crippen MR) is 70.7 cm³/mol. The summed E-state index contributed by atoms with van der Waals surface area (Å²) < 4.78 is 13.1. The van der Waals surface area contributed by atoms with Crippen molar-refractivity contribution in [3.63, 3.8) is 0 Å². The summed E-state index contributed by atoms with van der Waals surface area (Å²) in [4.78, 5) is 1.23. The molecular weight excluding hydrogens is 233 g/mol. The second kappa shape index (κ2) is 4.59. The van der Waals surface area contributed by atoms with Gasteiger partial charge in [0.05, 0.1) is 0 Å². The Hall–Kier alpha value is -1.19. The third-order valence-electron chi connectivity index (χ3n) is 2.93. The molecule has 0 aliphatic rings. The minimum Gasteiger partial charge on any atom is -0.321 e. The van der Waals surface area contributed by atoms with E-state index in [1.54, 1.807) is 23.5 Å². The highest BCUT2D eigenvalue weighted by Gasteiger charge is 2.24. The van der Waals surface area contributed by atoms with Gasteiger partial charge in [0, 0.05) is 10.4 Å². The summed E-state index contributed by atoms with van der Waals surface area (Å²) in [5.41, 5.74) is 7.98. The summed E-state index contributed by atoms with van der Waals surface area (Å²) in [5, 5.41) is 2.04. The molecule has 0 saturated carbocycles. The van der Waals surface area contributed by atoms with Gasteiger partial charge in [0.25, 0.3) is 0 Å². The van der Waals surface area contributed by atoms with E-state index in [1.165, 1.54) is 10.9 Å². The smallest absolute Gasteiger partial charge is 0.123 e. The van der Waals surface area contributed by atoms with E-state index in [2.05, 4.69) is 13.0 Å². The monoisotopic (exact) mass is 249 g/mol. The molecule has 1 aromatic carbocycles. The molecule has 3 heteroatoms. The van der Waals surface area contributed by atoms with Crippen LogP contribution >= 0.6 is 11.3 Å². The number of halogens is 1. The number of thiophene rings is 1. The fourth-order valence-corrected chi connectivity index (χ4v) is 2.98. The molecule has 0 spiro atoms. The molecule has 0 aliphatic carbocycles. The maximum atomic E-state index is 13.1. The summed E-state index contributed by atoms with van der Waals surface area (Å²) >= 11 is 1.69. The topological polar surface area (TPSA) is 26.0 Å². The van der Waals surface area contributed by atoms with Crippen LogP contribution in [0.4, 0.5) is 4.39 Å². The lowest BCUT2D eigenvalue weighted by Gasteiger charge is -2.25. The second-order valence-electron chi connectivity index (χ2n) is 4.61. The first-order chi connectivity index (χ1) is 7.99. The molecule has 1 atom stereocenters. The Morgan fingerprint density at radius 1 is 1.35 bits per heavy atom. The molecule has 0 amide bonds. The average molecular weight is 249 g/mol. The first-order valence-electron chi connectivity index (χ1n) is 5.57. The minimum atomic E-state index is -0.447. The van der Waals surface area contributed by atoms with E-state index >= 15 is 0 Å². The summed E-state index contributed by atoms with van der Waals surface area (Å²) in [6.07, 6.45) is 0.641. The van der Waals surface area contributed by atoms with Crippen LogP contribution in [-0.2, 0) is 12.0 Å². The second-order valence-corrected chi connectivity index (χ2v) is 5.73. The molecule has 0 bridgehead atoms. The molecular formula is C14H16FNS. The fraction of sp³-hybridized carbons (Fsp3) is 0.286. The van der Waals surface area contributed by atoms with Gasteiger partial charge in [-0.2, -0.15) is 0 Å². The van der Waals surface area contributed by atoms with E-state index in [0.29, 0.717) is 6.42 Å². The third kappa shape index (κ3) is 2.73. The first-order valence-corrected chi connectivity index (χ1v) is 6.45. The Morgan fingerprint density at radius 3 is 2.71 bits per heavy atom. The summed E-state index contributed by atoms with van der Waals surface area (Å²) in [5.74, 6) is -0.208. The normalized spacial score (nSPS) is 14.6. The van der Waals surface area contributed by atoms with Gasteiger partial charge in [-0.15, -0.1) is 11.3 Å². The fourth-order valence-electron chi connectivity index (χ4n) is 2.14. The minimum absolute atomic E-state index is 0.208. The lowest BCUT2D eigenvalue weighted by molar-refractivity contribution is 0.489. The third-order valence-corrected chi connectivity index (χ3v) is 3.78. The van der Waals surface area contributed by atoms with Crippen molar-refractivity contribution in [2.45, 2.75) is 25.8 Å². The Labute approximate surface area is 105 Å². The molecule has 17 heavy (non-hydrogen) atoms. The molecule has 1 unspecified atom stereocenters. The quantitative estimate of drug-likeness (QED) is 0.883. The molecule has 1 nitrogen and oxygen atoms in total. The maximum absolute atomic E-state index is 13.1. The van der Waals surface area contributed by atoms with Crippen molar-refractivity contribution in [3.05, 3.63) is 57.5 Å². The van der Waals surface area contributed by atoms with E-state index in [9.17, 15) is 4.39 Å². The van der Waals surface area contributed by atoms with E-state index < -0.39 is 5.54 Å². The van der Waals surface area contributed by atoms with Crippen molar-refractivity contribution in [1.29, 1.82) is 0 Å². The standard InChI is InChI=1S/C14H16FNS/c1-10-13(6-7-17-10)14(2,16)9-11-4-3-5-12(15)8-11/h3-8H,9,16H2,1-2H3. The van der Waals surface area contributed by atoms with Gasteiger partial charge in [0.15, 0.2) is 0 Å². The van der Waals surface area contributed by atoms with Gasteiger partial charge < -0.3 is 5.73 Å². The van der Waals surface area contributed by atoms with Gasteiger partial charge in [-0.1, -0.05) is 12.1 Å². The van der Waals surface area contributed by atoms with Gasteiger partial charge in [-0.25, -0.2) is 4.39 Å². The van der Waals surface area contributed by atoms with Crippen LogP contribution in [0.2, 0.25) is 0 Å². The lowest BCUT2D eigenvalue weighted by Crippen LogP contribution is -2.35. The van der Waals surface area contributed by atoms with E-state index in [-0.39, 0.29) is 5.82 Å². The van der Waals surface area contributed by atoms with Crippen LogP contribution in [0.25, 0.3) is 0 Å². The van der Waals surface area contributed by atoms with Gasteiger partial charge in [0.2, 0.25) is 0 Å². The number of nitrogens with two attached hydrogens (primary N) is 1. The zero-order valence-electron chi connectivity index (χ0n) is 10.0. The van der Waals surface area contributed by atoms with Crippen LogP contribution in [0.1, 0.15) is 22.9 Å². The van der Waals surface area contributed by atoms with Crippen molar-refractivity contribution in [1.82, 2.24) is 0 Å². The maximum Gasteiger partial charge on any atom is 0.123 e. The zero-order chi connectivity index (χ0) is 12.5. The van der Waals surface area contributed by atoms with Crippen LogP contribution < -0.4 is 5.73 Å². The van der Waals surface area contributed by atoms with Crippen LogP contribution in [0.5, 0.6) is 0 Å². The average Bonchev–Trinajstić information content (AvgIpc) is 2.64. The SMILES string of the molecule is Cc1sccc1C(C)(N)Cc1cccc(F)c1. The number of rotatable bonds is 3. The first kappa shape index (κ1) is 12.3. The van der Waals surface area contributed by atoms with E-state index in [4.69, 9.17) is 5.73 Å². The molecule has 1 aromatic heterocycles. The van der Waals surface area contributed by atoms with E-state index in [0.717, 1.165) is 11.1 Å². The molecule has 2 rings (SSSR count). The van der Waals surface area contributed by atoms with Crippen molar-refractivity contribution >= 4 is 11.3 Å². The van der Waals surface area contributed by atoms with E-state index in [1.807, 2.05) is 18.4 Å². The molecule has 2 aromatic rings. The molecule has 0 aliphatic heterocycles. The van der Waals surface area contributed by atoms with Crippen molar-refractivity contribution in [2.75, 3.05) is 0 Å². The van der Waals surface area contributed by atoms with Gasteiger partial charge >= 0.3 is 0 Å². The number of hydrogen-bond acceptors (Lipinski definition) is 2. The van der Waals surface area contributed by atoms with Gasteiger partial charge in [0.1, 0.15) is 5.82 Å². The highest BCUT2D eigenvalue weighted by molar-refractivity contribution is 7.10. The molecule has 0 radical (unpaired) electrons.